The molecule has 1 amide bonds. The van der Waals surface area contributed by atoms with Gasteiger partial charge in [-0.05, 0) is 65.1 Å². The molecule has 3 aromatic rings. The number of carbonyl (C=O) groups excluding carboxylic acids is 1. The van der Waals surface area contributed by atoms with Crippen LogP contribution in [0.5, 0.6) is 0 Å². The van der Waals surface area contributed by atoms with Crippen LogP contribution in [-0.4, -0.2) is 40.1 Å². The normalized spacial score (nSPS) is 21.9. The van der Waals surface area contributed by atoms with Crippen LogP contribution in [0.2, 0.25) is 0 Å². The third-order valence-corrected chi connectivity index (χ3v) is 6.45. The third kappa shape index (κ3) is 3.68. The van der Waals surface area contributed by atoms with Crippen LogP contribution in [0.1, 0.15) is 23.6 Å². The molecule has 3 atom stereocenters. The molecule has 6 heteroatoms. The zero-order valence-electron chi connectivity index (χ0n) is 17.0. The van der Waals surface area contributed by atoms with Gasteiger partial charge in [0.05, 0.1) is 25.1 Å². The van der Waals surface area contributed by atoms with Crippen molar-refractivity contribution in [1.29, 1.82) is 0 Å². The van der Waals surface area contributed by atoms with E-state index in [-0.39, 0.29) is 36.3 Å². The summed E-state index contributed by atoms with van der Waals surface area (Å²) in [6.45, 7) is 0.666. The minimum Gasteiger partial charge on any atom is -0.394 e. The van der Waals surface area contributed by atoms with Crippen molar-refractivity contribution < 1.29 is 14.3 Å². The average molecular weight is 417 g/mol. The molecule has 0 bridgehead atoms. The van der Waals surface area contributed by atoms with Gasteiger partial charge >= 0.3 is 0 Å². The van der Waals surface area contributed by atoms with E-state index in [4.69, 9.17) is 0 Å². The zero-order valence-corrected chi connectivity index (χ0v) is 17.0. The van der Waals surface area contributed by atoms with Crippen LogP contribution in [0.4, 0.5) is 10.1 Å². The lowest BCUT2D eigenvalue weighted by Gasteiger charge is -2.39. The molecular formula is C25H24FN3O2. The highest BCUT2D eigenvalue weighted by Crippen LogP contribution is 2.47. The van der Waals surface area contributed by atoms with Crippen molar-refractivity contribution in [3.8, 4) is 11.1 Å². The van der Waals surface area contributed by atoms with Crippen molar-refractivity contribution in [2.24, 2.45) is 5.92 Å². The number of hydrogen-bond donors (Lipinski definition) is 2. The Morgan fingerprint density at radius 2 is 1.94 bits per heavy atom. The van der Waals surface area contributed by atoms with E-state index in [1.54, 1.807) is 18.5 Å². The summed E-state index contributed by atoms with van der Waals surface area (Å²) >= 11 is 0. The fourth-order valence-electron chi connectivity index (χ4n) is 4.97. The third-order valence-electron chi connectivity index (χ3n) is 6.45. The summed E-state index contributed by atoms with van der Waals surface area (Å²) in [6, 6.07) is 16.0. The van der Waals surface area contributed by atoms with E-state index in [0.29, 0.717) is 13.0 Å². The summed E-state index contributed by atoms with van der Waals surface area (Å²) in [6.07, 6.45) is 4.54. The predicted octanol–water partition coefficient (Wildman–Crippen LogP) is 3.81. The van der Waals surface area contributed by atoms with Gasteiger partial charge in [-0.25, -0.2) is 4.39 Å². The number of hydrogen-bond acceptors (Lipinski definition) is 4. The number of fused-ring (bicyclic) bond motifs is 3. The Hall–Kier alpha value is -3.25. The van der Waals surface area contributed by atoms with E-state index in [0.717, 1.165) is 34.4 Å². The van der Waals surface area contributed by atoms with Gasteiger partial charge in [0.2, 0.25) is 5.91 Å². The van der Waals surface area contributed by atoms with Crippen molar-refractivity contribution in [3.05, 3.63) is 83.9 Å². The Kier molecular flexibility index (Phi) is 5.16. The number of amides is 1. The van der Waals surface area contributed by atoms with Gasteiger partial charge in [-0.2, -0.15) is 0 Å². The van der Waals surface area contributed by atoms with Gasteiger partial charge in [0.25, 0.3) is 0 Å². The molecule has 0 saturated carbocycles. The first-order valence-corrected chi connectivity index (χ1v) is 10.6. The molecule has 2 N–H and O–H groups in total. The van der Waals surface area contributed by atoms with Crippen molar-refractivity contribution in [2.45, 2.75) is 24.9 Å². The minimum absolute atomic E-state index is 0.0125. The lowest BCUT2D eigenvalue weighted by atomic mass is 9.82. The first kappa shape index (κ1) is 19.7. The standard InChI is InChI=1S/C25H24FN3O2/c26-19-3-1-2-17(13-19)18-4-5-22-21(14-18)25-20(23(15-30)28-22)8-11-29(25)24(31)12-16-6-9-27-10-7-16/h1-7,9-10,13-14,20,23,25,28,30H,8,11-12,15H2/t20-,23+,25-/m0/s1. The highest BCUT2D eigenvalue weighted by Gasteiger charge is 2.45. The van der Waals surface area contributed by atoms with Crippen molar-refractivity contribution in [3.63, 3.8) is 0 Å². The first-order valence-electron chi connectivity index (χ1n) is 10.6. The van der Waals surface area contributed by atoms with Gasteiger partial charge in [0.1, 0.15) is 5.82 Å². The summed E-state index contributed by atoms with van der Waals surface area (Å²) in [7, 11) is 0. The molecule has 1 fully saturated rings. The Balaban J connectivity index is 1.52. The summed E-state index contributed by atoms with van der Waals surface area (Å²) in [5.41, 5.74) is 4.59. The smallest absolute Gasteiger partial charge is 0.227 e. The summed E-state index contributed by atoms with van der Waals surface area (Å²) < 4.78 is 13.8. The zero-order chi connectivity index (χ0) is 21.4. The highest BCUT2D eigenvalue weighted by molar-refractivity contribution is 5.81. The molecule has 31 heavy (non-hydrogen) atoms. The lowest BCUT2D eigenvalue weighted by Crippen LogP contribution is -2.43. The molecular weight excluding hydrogens is 393 g/mol. The van der Waals surface area contributed by atoms with Crippen LogP contribution in [-0.2, 0) is 11.2 Å². The van der Waals surface area contributed by atoms with Gasteiger partial charge in [0.15, 0.2) is 0 Å². The van der Waals surface area contributed by atoms with Gasteiger partial charge in [0, 0.05) is 30.5 Å². The molecule has 1 saturated heterocycles. The maximum Gasteiger partial charge on any atom is 0.227 e. The molecule has 0 aliphatic carbocycles. The topological polar surface area (TPSA) is 65.5 Å². The van der Waals surface area contributed by atoms with Crippen molar-refractivity contribution in [1.82, 2.24) is 9.88 Å². The van der Waals surface area contributed by atoms with E-state index < -0.39 is 0 Å². The van der Waals surface area contributed by atoms with E-state index >= 15 is 0 Å². The number of aromatic nitrogens is 1. The van der Waals surface area contributed by atoms with Crippen molar-refractivity contribution >= 4 is 11.6 Å². The van der Waals surface area contributed by atoms with E-state index in [1.807, 2.05) is 35.2 Å². The molecule has 158 valence electrons. The largest absolute Gasteiger partial charge is 0.394 e. The number of aliphatic hydroxyl groups excluding tert-OH is 1. The maximum absolute atomic E-state index is 13.8. The molecule has 0 spiro atoms. The number of rotatable bonds is 4. The average Bonchev–Trinajstić information content (AvgIpc) is 3.25. The molecule has 2 aromatic carbocycles. The molecule has 1 aromatic heterocycles. The van der Waals surface area contributed by atoms with Crippen LogP contribution in [0.25, 0.3) is 11.1 Å². The second-order valence-electron chi connectivity index (χ2n) is 8.26. The summed E-state index contributed by atoms with van der Waals surface area (Å²) in [5, 5.41) is 13.4. The van der Waals surface area contributed by atoms with Gasteiger partial charge in [-0.3, -0.25) is 9.78 Å². The summed E-state index contributed by atoms with van der Waals surface area (Å²) in [4.78, 5) is 19.2. The number of nitrogens with zero attached hydrogens (tertiary/aromatic N) is 2. The molecule has 3 heterocycles. The van der Waals surface area contributed by atoms with Crippen molar-refractivity contribution in [2.75, 3.05) is 18.5 Å². The number of nitrogens with one attached hydrogen (secondary N) is 1. The van der Waals surface area contributed by atoms with Crippen LogP contribution in [0, 0.1) is 11.7 Å². The maximum atomic E-state index is 13.8. The van der Waals surface area contributed by atoms with Crippen LogP contribution in [0.15, 0.2) is 67.0 Å². The second kappa shape index (κ2) is 8.12. The fourth-order valence-corrected chi connectivity index (χ4v) is 4.97. The Labute approximate surface area is 180 Å². The number of anilines is 1. The fraction of sp³-hybridized carbons (Fsp3) is 0.280. The lowest BCUT2D eigenvalue weighted by molar-refractivity contribution is -0.131. The number of likely N-dealkylation sites (tertiary alicyclic amines) is 1. The van der Waals surface area contributed by atoms with E-state index in [9.17, 15) is 14.3 Å². The molecule has 0 unspecified atom stereocenters. The predicted molar refractivity (Wildman–Crippen MR) is 117 cm³/mol. The number of benzene rings is 2. The number of halogens is 1. The van der Waals surface area contributed by atoms with E-state index in [2.05, 4.69) is 16.4 Å². The highest BCUT2D eigenvalue weighted by atomic mass is 19.1. The van der Waals surface area contributed by atoms with Gasteiger partial charge in [-0.15, -0.1) is 0 Å². The minimum atomic E-state index is -0.276. The van der Waals surface area contributed by atoms with Crippen LogP contribution in [0.3, 0.4) is 0 Å². The monoisotopic (exact) mass is 417 g/mol. The SMILES string of the molecule is O=C(Cc1ccncc1)N1CC[C@@H]2[C@H]1c1cc(-c3cccc(F)c3)ccc1N[C@@H]2CO. The quantitative estimate of drug-likeness (QED) is 0.678. The second-order valence-corrected chi connectivity index (χ2v) is 8.26. The Morgan fingerprint density at radius 3 is 2.71 bits per heavy atom. The molecule has 5 nitrogen and oxygen atoms in total. The van der Waals surface area contributed by atoms with Crippen LogP contribution >= 0.6 is 0 Å². The van der Waals surface area contributed by atoms with Gasteiger partial charge in [-0.1, -0.05) is 18.2 Å². The summed E-state index contributed by atoms with van der Waals surface area (Å²) in [5.74, 6) is -0.0809. The molecule has 0 radical (unpaired) electrons. The molecule has 2 aliphatic rings. The Bertz CT molecular complexity index is 1100. The molecule has 5 rings (SSSR count). The number of aliphatic hydroxyl groups is 1. The Morgan fingerprint density at radius 1 is 1.13 bits per heavy atom. The van der Waals surface area contributed by atoms with Crippen LogP contribution < -0.4 is 5.32 Å². The van der Waals surface area contributed by atoms with Gasteiger partial charge < -0.3 is 15.3 Å². The molecule has 2 aliphatic heterocycles. The first-order chi connectivity index (χ1) is 15.1. The number of pyridine rings is 1. The van der Waals surface area contributed by atoms with E-state index in [1.165, 1.54) is 12.1 Å². The number of carbonyl (C=O) groups is 1.